The summed E-state index contributed by atoms with van der Waals surface area (Å²) in [6.07, 6.45) is 4.01. The minimum atomic E-state index is -0.245. The molecule has 0 aromatic heterocycles. The van der Waals surface area contributed by atoms with Crippen molar-refractivity contribution >= 4 is 6.09 Å². The van der Waals surface area contributed by atoms with Gasteiger partial charge in [0.15, 0.2) is 0 Å². The van der Waals surface area contributed by atoms with Crippen molar-refractivity contribution in [1.29, 1.82) is 0 Å². The standard InChI is InChI=1S/C14H17NO2/c16-13-15-10-14(17-13)7-6-12(9-14)8-11-4-2-1-3-5-11/h1-5,12H,6-10H2,(H,15,16). The van der Waals surface area contributed by atoms with Crippen LogP contribution in [0.2, 0.25) is 0 Å². The number of hydrogen-bond acceptors (Lipinski definition) is 2. The molecule has 1 amide bonds. The molecule has 1 aromatic carbocycles. The van der Waals surface area contributed by atoms with Gasteiger partial charge in [-0.25, -0.2) is 4.79 Å². The van der Waals surface area contributed by atoms with E-state index in [-0.39, 0.29) is 11.7 Å². The third kappa shape index (κ3) is 2.14. The van der Waals surface area contributed by atoms with Crippen LogP contribution in [0.4, 0.5) is 4.79 Å². The summed E-state index contributed by atoms with van der Waals surface area (Å²) in [4.78, 5) is 11.1. The molecule has 1 saturated heterocycles. The minimum Gasteiger partial charge on any atom is -0.441 e. The van der Waals surface area contributed by atoms with Gasteiger partial charge < -0.3 is 10.1 Å². The Morgan fingerprint density at radius 1 is 1.35 bits per heavy atom. The van der Waals surface area contributed by atoms with E-state index in [0.717, 1.165) is 25.7 Å². The van der Waals surface area contributed by atoms with Crippen LogP contribution in [0, 0.1) is 5.92 Å². The van der Waals surface area contributed by atoms with Gasteiger partial charge in [0.05, 0.1) is 6.54 Å². The Kier molecular flexibility index (Phi) is 2.54. The Morgan fingerprint density at radius 2 is 2.18 bits per heavy atom. The molecule has 0 radical (unpaired) electrons. The van der Waals surface area contributed by atoms with Gasteiger partial charge in [-0.05, 0) is 37.2 Å². The Balaban J connectivity index is 1.63. The normalized spacial score (nSPS) is 31.5. The molecule has 3 nitrogen and oxygen atoms in total. The van der Waals surface area contributed by atoms with E-state index in [0.29, 0.717) is 12.5 Å². The van der Waals surface area contributed by atoms with E-state index >= 15 is 0 Å². The summed E-state index contributed by atoms with van der Waals surface area (Å²) in [6, 6.07) is 10.5. The van der Waals surface area contributed by atoms with Crippen molar-refractivity contribution in [3.8, 4) is 0 Å². The number of amides is 1. The van der Waals surface area contributed by atoms with E-state index in [1.807, 2.05) is 6.07 Å². The predicted molar refractivity (Wildman–Crippen MR) is 64.7 cm³/mol. The molecule has 1 heterocycles. The smallest absolute Gasteiger partial charge is 0.407 e. The lowest BCUT2D eigenvalue weighted by atomic mass is 9.95. The molecule has 3 rings (SSSR count). The predicted octanol–water partition coefficient (Wildman–Crippen LogP) is 2.51. The lowest BCUT2D eigenvalue weighted by Gasteiger charge is -2.20. The molecule has 2 fully saturated rings. The van der Waals surface area contributed by atoms with Gasteiger partial charge in [0, 0.05) is 0 Å². The maximum absolute atomic E-state index is 11.1. The van der Waals surface area contributed by atoms with Crippen LogP contribution >= 0.6 is 0 Å². The van der Waals surface area contributed by atoms with Gasteiger partial charge in [-0.15, -0.1) is 0 Å². The first kappa shape index (κ1) is 10.6. The molecule has 2 unspecified atom stereocenters. The summed E-state index contributed by atoms with van der Waals surface area (Å²) >= 11 is 0. The van der Waals surface area contributed by atoms with Gasteiger partial charge in [-0.1, -0.05) is 30.3 Å². The second kappa shape index (κ2) is 4.06. The van der Waals surface area contributed by atoms with E-state index in [4.69, 9.17) is 4.74 Å². The molecule has 0 bridgehead atoms. The zero-order chi connectivity index (χ0) is 11.7. The van der Waals surface area contributed by atoms with Gasteiger partial charge >= 0.3 is 6.09 Å². The van der Waals surface area contributed by atoms with Crippen LogP contribution in [0.1, 0.15) is 24.8 Å². The number of alkyl carbamates (subject to hydrolysis) is 1. The fourth-order valence-electron chi connectivity index (χ4n) is 3.07. The van der Waals surface area contributed by atoms with Crippen molar-refractivity contribution in [1.82, 2.24) is 5.32 Å². The summed E-state index contributed by atoms with van der Waals surface area (Å²) in [6.45, 7) is 0.692. The lowest BCUT2D eigenvalue weighted by Crippen LogP contribution is -2.29. The summed E-state index contributed by atoms with van der Waals surface area (Å²) in [5.74, 6) is 0.644. The molecule has 90 valence electrons. The van der Waals surface area contributed by atoms with E-state index in [2.05, 4.69) is 29.6 Å². The first-order chi connectivity index (χ1) is 8.26. The third-order valence-electron chi connectivity index (χ3n) is 3.90. The number of rotatable bonds is 2. The minimum absolute atomic E-state index is 0.198. The van der Waals surface area contributed by atoms with Gasteiger partial charge in [-0.3, -0.25) is 0 Å². The molecule has 1 aliphatic carbocycles. The molecule has 1 saturated carbocycles. The van der Waals surface area contributed by atoms with Gasteiger partial charge in [0.25, 0.3) is 0 Å². The second-order valence-corrected chi connectivity index (χ2v) is 5.22. The van der Waals surface area contributed by atoms with Crippen molar-refractivity contribution in [2.45, 2.75) is 31.3 Å². The monoisotopic (exact) mass is 231 g/mol. The van der Waals surface area contributed by atoms with Crippen molar-refractivity contribution in [2.75, 3.05) is 6.54 Å². The topological polar surface area (TPSA) is 38.3 Å². The highest BCUT2D eigenvalue weighted by molar-refractivity contribution is 5.70. The highest BCUT2D eigenvalue weighted by Crippen LogP contribution is 2.40. The second-order valence-electron chi connectivity index (χ2n) is 5.22. The summed E-state index contributed by atoms with van der Waals surface area (Å²) in [5.41, 5.74) is 1.18. The fourth-order valence-corrected chi connectivity index (χ4v) is 3.07. The van der Waals surface area contributed by atoms with Crippen LogP contribution < -0.4 is 5.32 Å². The highest BCUT2D eigenvalue weighted by Gasteiger charge is 2.46. The van der Waals surface area contributed by atoms with Crippen molar-refractivity contribution < 1.29 is 9.53 Å². The van der Waals surface area contributed by atoms with E-state index in [9.17, 15) is 4.79 Å². The summed E-state index contributed by atoms with van der Waals surface area (Å²) < 4.78 is 5.43. The molecular formula is C14H17NO2. The number of ether oxygens (including phenoxy) is 1. The van der Waals surface area contributed by atoms with Crippen LogP contribution in [0.25, 0.3) is 0 Å². The van der Waals surface area contributed by atoms with Crippen molar-refractivity contribution in [2.24, 2.45) is 5.92 Å². The number of benzene rings is 1. The highest BCUT2D eigenvalue weighted by atomic mass is 16.6. The Bertz CT molecular complexity index is 417. The number of hydrogen-bond donors (Lipinski definition) is 1. The SMILES string of the molecule is O=C1NCC2(CCC(Cc3ccccc3)C2)O1. The molecule has 2 aliphatic rings. The molecule has 17 heavy (non-hydrogen) atoms. The molecule has 1 N–H and O–H groups in total. The summed E-state index contributed by atoms with van der Waals surface area (Å²) in [5, 5.41) is 2.78. The maximum atomic E-state index is 11.1. The molecule has 2 atom stereocenters. The number of carbonyl (C=O) groups is 1. The van der Waals surface area contributed by atoms with E-state index in [1.54, 1.807) is 0 Å². The average Bonchev–Trinajstić information content (AvgIpc) is 2.88. The first-order valence-corrected chi connectivity index (χ1v) is 6.27. The molecular weight excluding hydrogens is 214 g/mol. The average molecular weight is 231 g/mol. The van der Waals surface area contributed by atoms with E-state index in [1.165, 1.54) is 5.56 Å². The van der Waals surface area contributed by atoms with Crippen LogP contribution in [0.5, 0.6) is 0 Å². The quantitative estimate of drug-likeness (QED) is 0.849. The Morgan fingerprint density at radius 3 is 2.88 bits per heavy atom. The zero-order valence-electron chi connectivity index (χ0n) is 9.82. The molecule has 1 aliphatic heterocycles. The number of carbonyl (C=O) groups excluding carboxylic acids is 1. The number of nitrogens with one attached hydrogen (secondary N) is 1. The maximum Gasteiger partial charge on any atom is 0.407 e. The fraction of sp³-hybridized carbons (Fsp3) is 0.500. The van der Waals surface area contributed by atoms with Crippen LogP contribution in [0.3, 0.4) is 0 Å². The Labute approximate surface area is 101 Å². The van der Waals surface area contributed by atoms with Crippen molar-refractivity contribution in [3.05, 3.63) is 35.9 Å². The molecule has 3 heteroatoms. The largest absolute Gasteiger partial charge is 0.441 e. The van der Waals surface area contributed by atoms with Gasteiger partial charge in [-0.2, -0.15) is 0 Å². The lowest BCUT2D eigenvalue weighted by molar-refractivity contribution is 0.0594. The van der Waals surface area contributed by atoms with Crippen LogP contribution in [-0.4, -0.2) is 18.2 Å². The first-order valence-electron chi connectivity index (χ1n) is 6.27. The van der Waals surface area contributed by atoms with Crippen molar-refractivity contribution in [3.63, 3.8) is 0 Å². The third-order valence-corrected chi connectivity index (χ3v) is 3.90. The zero-order valence-corrected chi connectivity index (χ0v) is 9.82. The molecule has 1 aromatic rings. The van der Waals surface area contributed by atoms with Crippen LogP contribution in [0.15, 0.2) is 30.3 Å². The van der Waals surface area contributed by atoms with Gasteiger partial charge in [0.2, 0.25) is 0 Å². The molecule has 1 spiro atoms. The van der Waals surface area contributed by atoms with Gasteiger partial charge in [0.1, 0.15) is 5.60 Å². The summed E-state index contributed by atoms with van der Waals surface area (Å²) in [7, 11) is 0. The Hall–Kier alpha value is -1.51. The van der Waals surface area contributed by atoms with Crippen LogP contribution in [-0.2, 0) is 11.2 Å². The van der Waals surface area contributed by atoms with E-state index < -0.39 is 0 Å².